The van der Waals surface area contributed by atoms with Gasteiger partial charge in [0.2, 0.25) is 0 Å². The van der Waals surface area contributed by atoms with E-state index in [1.54, 1.807) is 24.7 Å². The van der Waals surface area contributed by atoms with Crippen LogP contribution in [0.5, 0.6) is 0 Å². The maximum Gasteiger partial charge on any atom is 0.159 e. The lowest BCUT2D eigenvalue weighted by molar-refractivity contribution is 0.628. The topological polar surface area (TPSA) is 83.1 Å². The van der Waals surface area contributed by atoms with Crippen molar-refractivity contribution >= 4 is 21.9 Å². The fraction of sp³-hybridized carbons (Fsp3) is 0. The highest BCUT2D eigenvalue weighted by atomic mass is 19.1. The molecule has 0 amide bonds. The molecule has 31 heavy (non-hydrogen) atoms. The van der Waals surface area contributed by atoms with Gasteiger partial charge in [0.15, 0.2) is 5.82 Å². The van der Waals surface area contributed by atoms with Gasteiger partial charge < -0.3 is 4.98 Å². The summed E-state index contributed by atoms with van der Waals surface area (Å²) in [6.07, 6.45) is 7.00. The van der Waals surface area contributed by atoms with Gasteiger partial charge in [-0.2, -0.15) is 5.10 Å². The van der Waals surface area contributed by atoms with Gasteiger partial charge in [0.1, 0.15) is 11.5 Å². The van der Waals surface area contributed by atoms with Crippen molar-refractivity contribution in [1.29, 1.82) is 0 Å². The van der Waals surface area contributed by atoms with Crippen LogP contribution < -0.4 is 0 Å². The average molecular weight is 406 g/mol. The number of aromatic amines is 2. The molecule has 148 valence electrons. The Hall–Kier alpha value is -4.39. The molecule has 7 heteroatoms. The summed E-state index contributed by atoms with van der Waals surface area (Å²) in [5.41, 5.74) is 6.65. The number of hydrogen-bond acceptors (Lipinski definition) is 4. The fourth-order valence-electron chi connectivity index (χ4n) is 3.82. The number of rotatable bonds is 3. The molecule has 6 rings (SSSR count). The zero-order valence-corrected chi connectivity index (χ0v) is 16.2. The SMILES string of the molecule is Fc1cccc(-c2cncc3[nH]c(-c4n[nH]c5ccc(-c6cccnc6)cc45)nc23)c1. The number of H-pyrrole nitrogens is 2. The third kappa shape index (κ3) is 2.95. The molecular formula is C24H15FN6. The van der Waals surface area contributed by atoms with E-state index >= 15 is 0 Å². The third-order valence-electron chi connectivity index (χ3n) is 5.31. The normalized spacial score (nSPS) is 11.4. The first-order valence-electron chi connectivity index (χ1n) is 9.75. The van der Waals surface area contributed by atoms with Crippen LogP contribution >= 0.6 is 0 Å². The molecule has 0 fully saturated rings. The van der Waals surface area contributed by atoms with Crippen molar-refractivity contribution in [3.8, 4) is 33.8 Å². The predicted molar refractivity (Wildman–Crippen MR) is 118 cm³/mol. The summed E-state index contributed by atoms with van der Waals surface area (Å²) in [5, 5.41) is 8.52. The highest BCUT2D eigenvalue weighted by molar-refractivity contribution is 5.98. The van der Waals surface area contributed by atoms with Crippen molar-refractivity contribution in [2.75, 3.05) is 0 Å². The lowest BCUT2D eigenvalue weighted by atomic mass is 10.0. The van der Waals surface area contributed by atoms with Crippen LogP contribution in [0.4, 0.5) is 4.39 Å². The van der Waals surface area contributed by atoms with Gasteiger partial charge in [-0.1, -0.05) is 24.3 Å². The van der Waals surface area contributed by atoms with Crippen molar-refractivity contribution in [3.05, 3.63) is 85.2 Å². The first kappa shape index (κ1) is 17.5. The van der Waals surface area contributed by atoms with E-state index in [2.05, 4.69) is 31.2 Å². The molecule has 2 aromatic carbocycles. The number of pyridine rings is 2. The van der Waals surface area contributed by atoms with Gasteiger partial charge in [-0.15, -0.1) is 0 Å². The van der Waals surface area contributed by atoms with Gasteiger partial charge in [-0.25, -0.2) is 9.37 Å². The first-order chi connectivity index (χ1) is 15.3. The monoisotopic (exact) mass is 406 g/mol. The Morgan fingerprint density at radius 3 is 2.58 bits per heavy atom. The second kappa shape index (κ2) is 6.84. The van der Waals surface area contributed by atoms with Crippen molar-refractivity contribution in [2.24, 2.45) is 0 Å². The summed E-state index contributed by atoms with van der Waals surface area (Å²) in [5.74, 6) is 0.321. The molecule has 0 aliphatic carbocycles. The summed E-state index contributed by atoms with van der Waals surface area (Å²) in [6.45, 7) is 0. The third-order valence-corrected chi connectivity index (χ3v) is 5.31. The molecule has 0 aliphatic heterocycles. The van der Waals surface area contributed by atoms with Gasteiger partial charge in [-0.3, -0.25) is 15.1 Å². The molecular weight excluding hydrogens is 391 g/mol. The Kier molecular flexibility index (Phi) is 3.86. The zero-order chi connectivity index (χ0) is 20.8. The Morgan fingerprint density at radius 2 is 1.71 bits per heavy atom. The number of nitrogens with zero attached hydrogens (tertiary/aromatic N) is 4. The van der Waals surface area contributed by atoms with E-state index in [-0.39, 0.29) is 5.82 Å². The number of halogens is 1. The molecule has 0 spiro atoms. The largest absolute Gasteiger partial charge is 0.335 e. The van der Waals surface area contributed by atoms with Crippen molar-refractivity contribution in [3.63, 3.8) is 0 Å². The van der Waals surface area contributed by atoms with E-state index in [0.717, 1.165) is 44.2 Å². The molecule has 6 aromatic rings. The Balaban J connectivity index is 1.52. The van der Waals surface area contributed by atoms with Crippen LogP contribution in [-0.4, -0.2) is 30.1 Å². The van der Waals surface area contributed by atoms with Gasteiger partial charge in [-0.05, 0) is 41.5 Å². The standard InChI is InChI=1S/C24H15FN6/c25-17-5-1-3-15(9-17)19-12-27-13-21-22(19)29-24(28-21)23-18-10-14(6-7-20(18)30-31-23)16-4-2-8-26-11-16/h1-13H,(H,28,29)(H,30,31). The highest BCUT2D eigenvalue weighted by Gasteiger charge is 2.16. The van der Waals surface area contributed by atoms with Crippen molar-refractivity contribution < 1.29 is 4.39 Å². The quantitative estimate of drug-likeness (QED) is 0.414. The lowest BCUT2D eigenvalue weighted by Crippen LogP contribution is -1.84. The number of nitrogens with one attached hydrogen (secondary N) is 2. The molecule has 0 radical (unpaired) electrons. The second-order valence-electron chi connectivity index (χ2n) is 7.25. The van der Waals surface area contributed by atoms with Crippen LogP contribution in [0.3, 0.4) is 0 Å². The Bertz CT molecular complexity index is 1550. The van der Waals surface area contributed by atoms with Gasteiger partial charge in [0.05, 0.1) is 22.7 Å². The minimum Gasteiger partial charge on any atom is -0.335 e. The lowest BCUT2D eigenvalue weighted by Gasteiger charge is -2.02. The molecule has 6 nitrogen and oxygen atoms in total. The van der Waals surface area contributed by atoms with Crippen molar-refractivity contribution in [2.45, 2.75) is 0 Å². The molecule has 0 atom stereocenters. The maximum atomic E-state index is 13.8. The van der Waals surface area contributed by atoms with Gasteiger partial charge in [0.25, 0.3) is 0 Å². The fourth-order valence-corrected chi connectivity index (χ4v) is 3.82. The van der Waals surface area contributed by atoms with E-state index < -0.39 is 0 Å². The molecule has 0 aliphatic rings. The Labute approximate surface area is 175 Å². The van der Waals surface area contributed by atoms with E-state index in [0.29, 0.717) is 11.5 Å². The predicted octanol–water partition coefficient (Wildman–Crippen LogP) is 5.37. The number of imidazole rings is 1. The first-order valence-corrected chi connectivity index (χ1v) is 9.75. The number of benzene rings is 2. The maximum absolute atomic E-state index is 13.8. The van der Waals surface area contributed by atoms with Gasteiger partial charge in [0, 0.05) is 35.1 Å². The number of aromatic nitrogens is 6. The summed E-state index contributed by atoms with van der Waals surface area (Å²) in [4.78, 5) is 16.6. The number of fused-ring (bicyclic) bond motifs is 2. The molecule has 0 saturated carbocycles. The summed E-state index contributed by atoms with van der Waals surface area (Å²) >= 11 is 0. The van der Waals surface area contributed by atoms with E-state index in [1.165, 1.54) is 12.1 Å². The zero-order valence-electron chi connectivity index (χ0n) is 16.2. The molecule has 0 saturated heterocycles. The Morgan fingerprint density at radius 1 is 0.774 bits per heavy atom. The van der Waals surface area contributed by atoms with E-state index in [9.17, 15) is 4.39 Å². The van der Waals surface area contributed by atoms with Crippen LogP contribution in [0, 0.1) is 5.82 Å². The van der Waals surface area contributed by atoms with Crippen LogP contribution in [0.15, 0.2) is 79.4 Å². The molecule has 4 heterocycles. The van der Waals surface area contributed by atoms with Crippen LogP contribution in [0.2, 0.25) is 0 Å². The van der Waals surface area contributed by atoms with E-state index in [1.807, 2.05) is 36.5 Å². The van der Waals surface area contributed by atoms with Crippen molar-refractivity contribution in [1.82, 2.24) is 30.1 Å². The molecule has 2 N–H and O–H groups in total. The summed E-state index contributed by atoms with van der Waals surface area (Å²) in [6, 6.07) is 16.5. The smallest absolute Gasteiger partial charge is 0.159 e. The van der Waals surface area contributed by atoms with Gasteiger partial charge >= 0.3 is 0 Å². The summed E-state index contributed by atoms with van der Waals surface area (Å²) in [7, 11) is 0. The second-order valence-corrected chi connectivity index (χ2v) is 7.25. The summed E-state index contributed by atoms with van der Waals surface area (Å²) < 4.78 is 13.8. The molecule has 0 unspecified atom stereocenters. The molecule has 0 bridgehead atoms. The average Bonchev–Trinajstić information content (AvgIpc) is 3.43. The number of hydrogen-bond donors (Lipinski definition) is 2. The van der Waals surface area contributed by atoms with E-state index in [4.69, 9.17) is 4.98 Å². The molecule has 4 aromatic heterocycles. The van der Waals surface area contributed by atoms with Crippen LogP contribution in [0.1, 0.15) is 0 Å². The minimum absolute atomic E-state index is 0.300. The van der Waals surface area contributed by atoms with Crippen LogP contribution in [-0.2, 0) is 0 Å². The van der Waals surface area contributed by atoms with Crippen LogP contribution in [0.25, 0.3) is 55.7 Å². The minimum atomic E-state index is -0.300. The highest BCUT2D eigenvalue weighted by Crippen LogP contribution is 2.32.